The van der Waals surface area contributed by atoms with Crippen LogP contribution < -0.4 is 0 Å². The molecule has 1 rings (SSSR count). The minimum absolute atomic E-state index is 0.0318. The van der Waals surface area contributed by atoms with Gasteiger partial charge in [0.15, 0.2) is 5.78 Å². The highest BCUT2D eigenvalue weighted by Gasteiger charge is 2.57. The lowest BCUT2D eigenvalue weighted by Gasteiger charge is -2.50. The van der Waals surface area contributed by atoms with Crippen molar-refractivity contribution in [2.75, 3.05) is 0 Å². The van der Waals surface area contributed by atoms with Gasteiger partial charge in [0, 0.05) is 5.92 Å². The first-order valence-corrected chi connectivity index (χ1v) is 9.90. The fraction of sp³-hybridized carbons (Fsp3) is 0.739. The number of Topliss-reactive ketones (excluding diaryl/α,β-unsaturated/α-hetero) is 2. The van der Waals surface area contributed by atoms with E-state index >= 15 is 0 Å². The molecule has 0 saturated heterocycles. The van der Waals surface area contributed by atoms with Crippen LogP contribution in [0.25, 0.3) is 0 Å². The van der Waals surface area contributed by atoms with E-state index in [-0.39, 0.29) is 23.4 Å². The molecule has 0 heterocycles. The maximum absolute atomic E-state index is 13.3. The van der Waals surface area contributed by atoms with Crippen molar-refractivity contribution in [2.24, 2.45) is 23.2 Å². The molecule has 1 aliphatic carbocycles. The van der Waals surface area contributed by atoms with Gasteiger partial charge in [-0.05, 0) is 71.6 Å². The molecule has 0 bridgehead atoms. The minimum Gasteiger partial charge on any atom is -0.382 e. The molecule has 3 heteroatoms. The molecular weight excluding hydrogens is 324 g/mol. The summed E-state index contributed by atoms with van der Waals surface area (Å²) in [5, 5.41) is 11.0. The highest BCUT2D eigenvalue weighted by atomic mass is 16.3. The number of aliphatic hydroxyl groups is 1. The fourth-order valence-electron chi connectivity index (χ4n) is 4.12. The number of ketones is 2. The van der Waals surface area contributed by atoms with Gasteiger partial charge in [-0.25, -0.2) is 0 Å². The second-order valence-electron chi connectivity index (χ2n) is 9.39. The molecule has 1 fully saturated rings. The number of hydrogen-bond acceptors (Lipinski definition) is 3. The Morgan fingerprint density at radius 2 is 1.69 bits per heavy atom. The maximum Gasteiger partial charge on any atom is 0.175 e. The van der Waals surface area contributed by atoms with Gasteiger partial charge in [0.05, 0.1) is 5.92 Å². The lowest BCUT2D eigenvalue weighted by atomic mass is 9.54. The summed E-state index contributed by atoms with van der Waals surface area (Å²) in [7, 11) is 0. The summed E-state index contributed by atoms with van der Waals surface area (Å²) in [6.45, 7) is 15.5. The Kier molecular flexibility index (Phi) is 7.59. The average molecular weight is 363 g/mol. The fourth-order valence-corrected chi connectivity index (χ4v) is 4.12. The van der Waals surface area contributed by atoms with E-state index in [4.69, 9.17) is 0 Å². The molecule has 0 spiro atoms. The van der Waals surface area contributed by atoms with Crippen LogP contribution in [0.4, 0.5) is 0 Å². The van der Waals surface area contributed by atoms with Gasteiger partial charge in [0.25, 0.3) is 0 Å². The molecule has 4 atom stereocenters. The molecule has 0 aliphatic heterocycles. The van der Waals surface area contributed by atoms with Gasteiger partial charge >= 0.3 is 0 Å². The number of rotatable bonds is 7. The molecule has 3 nitrogen and oxygen atoms in total. The largest absolute Gasteiger partial charge is 0.382 e. The molecule has 148 valence electrons. The van der Waals surface area contributed by atoms with Crippen molar-refractivity contribution >= 4 is 11.6 Å². The van der Waals surface area contributed by atoms with Crippen LogP contribution in [0, 0.1) is 23.2 Å². The van der Waals surface area contributed by atoms with Crippen molar-refractivity contribution in [1.29, 1.82) is 0 Å². The van der Waals surface area contributed by atoms with E-state index in [1.165, 1.54) is 11.1 Å². The monoisotopic (exact) mass is 362 g/mol. The van der Waals surface area contributed by atoms with Crippen LogP contribution in [0.15, 0.2) is 23.3 Å². The van der Waals surface area contributed by atoms with Crippen molar-refractivity contribution in [3.05, 3.63) is 23.3 Å². The molecule has 1 saturated carbocycles. The summed E-state index contributed by atoms with van der Waals surface area (Å²) in [5.41, 5.74) is 0.569. The van der Waals surface area contributed by atoms with E-state index in [1.807, 2.05) is 27.7 Å². The van der Waals surface area contributed by atoms with Crippen molar-refractivity contribution in [2.45, 2.75) is 86.7 Å². The van der Waals surface area contributed by atoms with Gasteiger partial charge in [-0.1, -0.05) is 44.1 Å². The summed E-state index contributed by atoms with van der Waals surface area (Å²) in [5.74, 6) is -1.40. The first-order valence-electron chi connectivity index (χ1n) is 9.90. The first-order chi connectivity index (χ1) is 11.8. The molecular formula is C23H38O3. The van der Waals surface area contributed by atoms with Gasteiger partial charge in [-0.15, -0.1) is 0 Å². The van der Waals surface area contributed by atoms with E-state index in [0.29, 0.717) is 12.8 Å². The highest BCUT2D eigenvalue weighted by molar-refractivity contribution is 6.08. The topological polar surface area (TPSA) is 54.4 Å². The van der Waals surface area contributed by atoms with Crippen molar-refractivity contribution in [3.8, 4) is 0 Å². The summed E-state index contributed by atoms with van der Waals surface area (Å²) < 4.78 is 0. The molecule has 0 radical (unpaired) electrons. The highest BCUT2D eigenvalue weighted by Crippen LogP contribution is 2.51. The third-order valence-corrected chi connectivity index (χ3v) is 5.90. The predicted octanol–water partition coefficient (Wildman–Crippen LogP) is 5.28. The maximum atomic E-state index is 13.3. The lowest BCUT2D eigenvalue weighted by Crippen LogP contribution is -2.59. The van der Waals surface area contributed by atoms with Gasteiger partial charge in [0.2, 0.25) is 0 Å². The van der Waals surface area contributed by atoms with E-state index in [1.54, 1.807) is 6.92 Å². The lowest BCUT2D eigenvalue weighted by molar-refractivity contribution is -0.167. The van der Waals surface area contributed by atoms with Crippen molar-refractivity contribution in [1.82, 2.24) is 0 Å². The summed E-state index contributed by atoms with van der Waals surface area (Å²) >= 11 is 0. The van der Waals surface area contributed by atoms with E-state index in [0.717, 1.165) is 12.8 Å². The third kappa shape index (κ3) is 5.16. The Hall–Kier alpha value is -1.22. The number of allylic oxidation sites excluding steroid dienone is 4. The van der Waals surface area contributed by atoms with Crippen LogP contribution in [-0.4, -0.2) is 22.3 Å². The molecule has 0 aromatic carbocycles. The molecule has 0 unspecified atom stereocenters. The van der Waals surface area contributed by atoms with Crippen LogP contribution >= 0.6 is 0 Å². The molecule has 1 N–H and O–H groups in total. The SMILES string of the molecule is CC(C)=CCC[C@]1(C)C[C@H](CC=C(C)C)[C@](C)(O)C(=O)[C@H]1C(=O)C(C)C. The van der Waals surface area contributed by atoms with E-state index in [9.17, 15) is 14.7 Å². The van der Waals surface area contributed by atoms with Crippen LogP contribution in [0.5, 0.6) is 0 Å². The zero-order valence-electron chi connectivity index (χ0n) is 18.0. The standard InChI is InChI=1S/C23H38O3/c1-15(2)10-9-13-22(7)14-18(12-11-16(3)4)23(8,26)21(25)19(22)20(24)17(5)6/h10-11,17-19,26H,9,12-14H2,1-8H3/t18-,19+,22+,23-/m0/s1. The Labute approximate surface area is 160 Å². The van der Waals surface area contributed by atoms with Crippen LogP contribution in [0.2, 0.25) is 0 Å². The van der Waals surface area contributed by atoms with Gasteiger partial charge < -0.3 is 5.11 Å². The smallest absolute Gasteiger partial charge is 0.175 e. The molecule has 0 aromatic rings. The van der Waals surface area contributed by atoms with Crippen LogP contribution in [0.1, 0.15) is 81.1 Å². The minimum atomic E-state index is -1.45. The summed E-state index contributed by atoms with van der Waals surface area (Å²) in [4.78, 5) is 26.2. The summed E-state index contributed by atoms with van der Waals surface area (Å²) in [6.07, 6.45) is 7.26. The quantitative estimate of drug-likeness (QED) is 0.495. The molecule has 0 aromatic heterocycles. The zero-order valence-corrected chi connectivity index (χ0v) is 18.0. The van der Waals surface area contributed by atoms with Gasteiger partial charge in [0.1, 0.15) is 11.4 Å². The van der Waals surface area contributed by atoms with Gasteiger partial charge in [-0.3, -0.25) is 9.59 Å². The number of carbonyl (C=O) groups is 2. The first kappa shape index (κ1) is 22.8. The Morgan fingerprint density at radius 3 is 2.15 bits per heavy atom. The second-order valence-corrected chi connectivity index (χ2v) is 9.39. The predicted molar refractivity (Wildman–Crippen MR) is 108 cm³/mol. The third-order valence-electron chi connectivity index (χ3n) is 5.90. The number of hydrogen-bond donors (Lipinski definition) is 1. The Bertz CT molecular complexity index is 587. The van der Waals surface area contributed by atoms with Gasteiger partial charge in [-0.2, -0.15) is 0 Å². The average Bonchev–Trinajstić information content (AvgIpc) is 2.49. The van der Waals surface area contributed by atoms with E-state index < -0.39 is 16.9 Å². The van der Waals surface area contributed by atoms with Crippen LogP contribution in [-0.2, 0) is 9.59 Å². The van der Waals surface area contributed by atoms with Crippen LogP contribution in [0.3, 0.4) is 0 Å². The molecule has 0 amide bonds. The Balaban J connectivity index is 3.29. The molecule has 26 heavy (non-hydrogen) atoms. The second kappa shape index (κ2) is 8.65. The Morgan fingerprint density at radius 1 is 1.15 bits per heavy atom. The van der Waals surface area contributed by atoms with Crippen molar-refractivity contribution in [3.63, 3.8) is 0 Å². The normalized spacial score (nSPS) is 31.7. The summed E-state index contributed by atoms with van der Waals surface area (Å²) in [6, 6.07) is 0. The van der Waals surface area contributed by atoms with Crippen molar-refractivity contribution < 1.29 is 14.7 Å². The molecule has 1 aliphatic rings. The van der Waals surface area contributed by atoms with E-state index in [2.05, 4.69) is 32.9 Å². The zero-order chi connectivity index (χ0) is 20.3. The number of carbonyl (C=O) groups excluding carboxylic acids is 2.